The van der Waals surface area contributed by atoms with Crippen molar-refractivity contribution in [3.8, 4) is 0 Å². The summed E-state index contributed by atoms with van der Waals surface area (Å²) >= 11 is 0. The van der Waals surface area contributed by atoms with Crippen LogP contribution >= 0.6 is 0 Å². The van der Waals surface area contributed by atoms with Crippen LogP contribution in [0, 0.1) is 10.1 Å². The molecule has 0 saturated heterocycles. The highest BCUT2D eigenvalue weighted by Crippen LogP contribution is 2.21. The van der Waals surface area contributed by atoms with E-state index in [0.29, 0.717) is 0 Å². The van der Waals surface area contributed by atoms with Gasteiger partial charge in [0, 0.05) is 26.4 Å². The van der Waals surface area contributed by atoms with Crippen LogP contribution in [0.15, 0.2) is 46.1 Å². The summed E-state index contributed by atoms with van der Waals surface area (Å²) in [4.78, 5) is 51.4. The molecular weight excluding hydrogens is 342 g/mol. The minimum Gasteiger partial charge on any atom is -0.321 e. The Bertz CT molecular complexity index is 1180. The Kier molecular flexibility index (Phi) is 4.08. The summed E-state index contributed by atoms with van der Waals surface area (Å²) in [5.74, 6) is -0.749. The first-order chi connectivity index (χ1) is 12.3. The van der Waals surface area contributed by atoms with E-state index < -0.39 is 22.1 Å². The zero-order valence-corrected chi connectivity index (χ0v) is 13.8. The number of benzene rings is 1. The van der Waals surface area contributed by atoms with Gasteiger partial charge in [0.2, 0.25) is 0 Å². The van der Waals surface area contributed by atoms with Crippen molar-refractivity contribution >= 4 is 28.3 Å². The van der Waals surface area contributed by atoms with E-state index in [-0.39, 0.29) is 28.0 Å². The van der Waals surface area contributed by atoms with Crippen LogP contribution in [-0.4, -0.2) is 24.9 Å². The quantitative estimate of drug-likeness (QED) is 0.546. The van der Waals surface area contributed by atoms with E-state index in [4.69, 9.17) is 0 Å². The highest BCUT2D eigenvalue weighted by Gasteiger charge is 2.21. The number of amides is 1. The normalized spacial score (nSPS) is 10.7. The highest BCUT2D eigenvalue weighted by molar-refractivity contribution is 6.10. The van der Waals surface area contributed by atoms with Crippen molar-refractivity contribution < 1.29 is 9.72 Å². The highest BCUT2D eigenvalue weighted by atomic mass is 16.6. The fraction of sp³-hybridized carbons (Fsp3) is 0.125. The molecule has 10 heteroatoms. The third kappa shape index (κ3) is 2.62. The maximum absolute atomic E-state index is 12.5. The molecule has 0 unspecified atom stereocenters. The molecule has 1 amide bonds. The molecule has 0 aliphatic rings. The maximum Gasteiger partial charge on any atom is 0.332 e. The molecule has 1 N–H and O–H groups in total. The number of nitrogens with zero attached hydrogens (tertiary/aromatic N) is 4. The molecule has 0 bridgehead atoms. The number of hydrogen-bond acceptors (Lipinski definition) is 6. The predicted octanol–water partition coefficient (Wildman–Crippen LogP) is 0.793. The van der Waals surface area contributed by atoms with Crippen LogP contribution in [0.1, 0.15) is 10.4 Å². The Hall–Kier alpha value is -3.82. The van der Waals surface area contributed by atoms with Crippen LogP contribution in [-0.2, 0) is 14.1 Å². The number of nitro benzene ring substituents is 1. The van der Waals surface area contributed by atoms with Gasteiger partial charge in [0.15, 0.2) is 5.65 Å². The molecule has 0 aliphatic heterocycles. The zero-order chi connectivity index (χ0) is 19.0. The topological polar surface area (TPSA) is 129 Å². The van der Waals surface area contributed by atoms with Gasteiger partial charge in [-0.25, -0.2) is 9.78 Å². The van der Waals surface area contributed by atoms with E-state index >= 15 is 0 Å². The molecule has 3 rings (SSSR count). The summed E-state index contributed by atoms with van der Waals surface area (Å²) in [5.41, 5.74) is -1.49. The van der Waals surface area contributed by atoms with Gasteiger partial charge in [0.05, 0.1) is 10.6 Å². The molecule has 2 aromatic heterocycles. The minimum absolute atomic E-state index is 0.0315. The monoisotopic (exact) mass is 355 g/mol. The number of anilines is 1. The van der Waals surface area contributed by atoms with Gasteiger partial charge in [-0.15, -0.1) is 0 Å². The predicted molar refractivity (Wildman–Crippen MR) is 93.3 cm³/mol. The molecule has 3 aromatic rings. The number of para-hydroxylation sites is 1. The summed E-state index contributed by atoms with van der Waals surface area (Å²) in [6.45, 7) is 0. The first-order valence-corrected chi connectivity index (χ1v) is 7.42. The van der Waals surface area contributed by atoms with Gasteiger partial charge < -0.3 is 5.32 Å². The summed E-state index contributed by atoms with van der Waals surface area (Å²) in [6.07, 6.45) is 1.33. The van der Waals surface area contributed by atoms with Crippen molar-refractivity contribution in [2.45, 2.75) is 0 Å². The summed E-state index contributed by atoms with van der Waals surface area (Å²) in [6, 6.07) is 6.85. The molecule has 0 radical (unpaired) electrons. The SMILES string of the molecule is Cn1c(=O)c2c(NC(=O)c3ccccc3[N+](=O)[O-])ccnc2n(C)c1=O. The molecule has 0 atom stereocenters. The number of hydrogen-bond donors (Lipinski definition) is 1. The molecule has 1 aromatic carbocycles. The number of aromatic nitrogens is 3. The Balaban J connectivity index is 2.17. The van der Waals surface area contributed by atoms with E-state index in [0.717, 1.165) is 4.57 Å². The number of carbonyl (C=O) groups is 1. The number of rotatable bonds is 3. The van der Waals surface area contributed by atoms with Gasteiger partial charge in [0.25, 0.3) is 17.2 Å². The smallest absolute Gasteiger partial charge is 0.321 e. The largest absolute Gasteiger partial charge is 0.332 e. The number of carbonyl (C=O) groups excluding carboxylic acids is 1. The molecule has 132 valence electrons. The molecular formula is C16H13N5O5. The van der Waals surface area contributed by atoms with Gasteiger partial charge in [0.1, 0.15) is 10.9 Å². The second-order valence-electron chi connectivity index (χ2n) is 5.49. The van der Waals surface area contributed by atoms with Gasteiger partial charge in [-0.1, -0.05) is 12.1 Å². The Morgan fingerprint density at radius 1 is 1.15 bits per heavy atom. The van der Waals surface area contributed by atoms with Crippen LogP contribution in [0.5, 0.6) is 0 Å². The third-order valence-electron chi connectivity index (χ3n) is 3.93. The summed E-state index contributed by atoms with van der Waals surface area (Å²) in [5, 5.41) is 13.6. The molecule has 0 fully saturated rings. The number of aryl methyl sites for hydroxylation is 1. The molecule has 26 heavy (non-hydrogen) atoms. The van der Waals surface area contributed by atoms with Crippen LogP contribution in [0.4, 0.5) is 11.4 Å². The third-order valence-corrected chi connectivity index (χ3v) is 3.93. The number of pyridine rings is 1. The van der Waals surface area contributed by atoms with Crippen molar-refractivity contribution in [3.63, 3.8) is 0 Å². The number of fused-ring (bicyclic) bond motifs is 1. The van der Waals surface area contributed by atoms with Gasteiger partial charge in [-0.2, -0.15) is 0 Å². The Morgan fingerprint density at radius 3 is 2.54 bits per heavy atom. The van der Waals surface area contributed by atoms with Crippen molar-refractivity contribution in [2.75, 3.05) is 5.32 Å². The Morgan fingerprint density at radius 2 is 1.85 bits per heavy atom. The van der Waals surface area contributed by atoms with Crippen molar-refractivity contribution in [1.29, 1.82) is 0 Å². The van der Waals surface area contributed by atoms with Gasteiger partial charge >= 0.3 is 5.69 Å². The lowest BCUT2D eigenvalue weighted by atomic mass is 10.1. The number of nitro groups is 1. The molecule has 0 spiro atoms. The standard InChI is InChI=1S/C16H13N5O5/c1-19-13-12(15(23)20(2)16(19)24)10(7-8-17-13)18-14(22)9-5-3-4-6-11(9)21(25)26/h3-8H,1-2H3,(H,17,18,22). The van der Waals surface area contributed by atoms with Crippen molar-refractivity contribution in [2.24, 2.45) is 14.1 Å². The average Bonchev–Trinajstić information content (AvgIpc) is 2.64. The molecule has 10 nitrogen and oxygen atoms in total. The van der Waals surface area contributed by atoms with E-state index in [1.54, 1.807) is 0 Å². The van der Waals surface area contributed by atoms with Crippen LogP contribution in [0.2, 0.25) is 0 Å². The van der Waals surface area contributed by atoms with E-state index in [1.807, 2.05) is 0 Å². The number of nitrogens with one attached hydrogen (secondary N) is 1. The Labute approximate surface area is 145 Å². The van der Waals surface area contributed by atoms with Crippen LogP contribution < -0.4 is 16.6 Å². The van der Waals surface area contributed by atoms with Crippen LogP contribution in [0.3, 0.4) is 0 Å². The second kappa shape index (κ2) is 6.24. The first-order valence-electron chi connectivity index (χ1n) is 7.42. The van der Waals surface area contributed by atoms with E-state index in [9.17, 15) is 24.5 Å². The van der Waals surface area contributed by atoms with E-state index in [1.165, 1.54) is 55.2 Å². The average molecular weight is 355 g/mol. The van der Waals surface area contributed by atoms with Crippen LogP contribution in [0.25, 0.3) is 11.0 Å². The lowest BCUT2D eigenvalue weighted by Crippen LogP contribution is -2.37. The van der Waals surface area contributed by atoms with Gasteiger partial charge in [-0.3, -0.25) is 28.8 Å². The van der Waals surface area contributed by atoms with Gasteiger partial charge in [-0.05, 0) is 12.1 Å². The van der Waals surface area contributed by atoms with E-state index in [2.05, 4.69) is 10.3 Å². The van der Waals surface area contributed by atoms with Crippen molar-refractivity contribution in [3.05, 3.63) is 73.0 Å². The minimum atomic E-state index is -0.749. The zero-order valence-electron chi connectivity index (χ0n) is 13.8. The summed E-state index contributed by atoms with van der Waals surface area (Å²) in [7, 11) is 2.76. The lowest BCUT2D eigenvalue weighted by molar-refractivity contribution is -0.385. The fourth-order valence-corrected chi connectivity index (χ4v) is 2.60. The first kappa shape index (κ1) is 17.0. The van der Waals surface area contributed by atoms with Crippen molar-refractivity contribution in [1.82, 2.24) is 14.1 Å². The maximum atomic E-state index is 12.5. The lowest BCUT2D eigenvalue weighted by Gasteiger charge is -2.11. The summed E-state index contributed by atoms with van der Waals surface area (Å²) < 4.78 is 2.07. The molecule has 2 heterocycles. The molecule has 0 aliphatic carbocycles. The fourth-order valence-electron chi connectivity index (χ4n) is 2.60. The molecule has 0 saturated carbocycles. The second-order valence-corrected chi connectivity index (χ2v) is 5.49.